The monoisotopic (exact) mass is 195 g/mol. The van der Waals surface area contributed by atoms with Crippen LogP contribution in [0.2, 0.25) is 0 Å². The summed E-state index contributed by atoms with van der Waals surface area (Å²) in [6.45, 7) is -0.250. The van der Waals surface area contributed by atoms with Crippen molar-refractivity contribution in [3.8, 4) is 0 Å². The lowest BCUT2D eigenvalue weighted by atomic mass is 11.7. The van der Waals surface area contributed by atoms with Crippen LogP contribution in [0.1, 0.15) is 29.7 Å². The molecular formula is C5H19N6O2-. The van der Waals surface area contributed by atoms with Crippen LogP contribution >= 0.6 is 0 Å². The van der Waals surface area contributed by atoms with Crippen molar-refractivity contribution in [2.24, 2.45) is 0 Å². The first-order valence-corrected chi connectivity index (χ1v) is 1.32. The molecular weight excluding hydrogens is 176 g/mol. The molecule has 0 unspecified atom stereocenters. The average molecular weight is 195 g/mol. The van der Waals surface area contributed by atoms with Crippen molar-refractivity contribution in [3.63, 3.8) is 0 Å². The number of nitrogens with zero attached hydrogens (tertiary/aromatic N) is 5. The maximum atomic E-state index is 8.36. The van der Waals surface area contributed by atoms with Gasteiger partial charge in [0.2, 0.25) is 0 Å². The molecule has 13 heavy (non-hydrogen) atoms. The lowest BCUT2D eigenvalue weighted by Crippen LogP contribution is -1.49. The molecule has 8 nitrogen and oxygen atoms in total. The highest BCUT2D eigenvalue weighted by Gasteiger charge is 1.22. The van der Waals surface area contributed by atoms with Gasteiger partial charge in [0.1, 0.15) is 0 Å². The number of rotatable bonds is 0. The van der Waals surface area contributed by atoms with E-state index in [1.807, 2.05) is 0 Å². The van der Waals surface area contributed by atoms with Crippen LogP contribution in [0.5, 0.6) is 0 Å². The van der Waals surface area contributed by atoms with Crippen molar-refractivity contribution in [1.29, 1.82) is 5.53 Å². The van der Waals surface area contributed by atoms with Crippen LogP contribution in [-0.2, 0) is 4.79 Å². The van der Waals surface area contributed by atoms with Gasteiger partial charge >= 0.3 is 0 Å². The van der Waals surface area contributed by atoms with E-state index in [-0.39, 0.29) is 36.2 Å². The van der Waals surface area contributed by atoms with Crippen molar-refractivity contribution in [1.82, 2.24) is 0 Å². The Labute approximate surface area is 79.0 Å². The maximum absolute atomic E-state index is 8.36. The maximum Gasteiger partial charge on any atom is 0.290 e. The Kier molecular flexibility index (Phi) is 3640. The van der Waals surface area contributed by atoms with Gasteiger partial charge in [-0.15, -0.1) is 5.53 Å². The van der Waals surface area contributed by atoms with Crippen LogP contribution < -0.4 is 0 Å². The zero-order chi connectivity index (χ0) is 8.12. The van der Waals surface area contributed by atoms with Crippen LogP contribution in [0.3, 0.4) is 0 Å². The fraction of sp³-hybridized carbons (Fsp3) is 0.800. The highest BCUT2D eigenvalue weighted by atomic mass is 16.3. The lowest BCUT2D eigenvalue weighted by molar-refractivity contribution is -0.122. The summed E-state index contributed by atoms with van der Waals surface area (Å²) >= 11 is 0. The van der Waals surface area contributed by atoms with Gasteiger partial charge in [0.05, 0.1) is 0 Å². The van der Waals surface area contributed by atoms with Gasteiger partial charge in [0.15, 0.2) is 0 Å². The Morgan fingerprint density at radius 2 is 1.08 bits per heavy atom. The Balaban J connectivity index is -0.00000000720. The summed E-state index contributed by atoms with van der Waals surface area (Å²) in [5.41, 5.74) is 25.8. The van der Waals surface area contributed by atoms with Crippen LogP contribution in [0.4, 0.5) is 0 Å². The second-order valence-corrected chi connectivity index (χ2v) is 0.295. The third kappa shape index (κ3) is 181. The van der Waals surface area contributed by atoms with E-state index in [9.17, 15) is 0 Å². The summed E-state index contributed by atoms with van der Waals surface area (Å²) in [7, 11) is 0. The molecule has 0 aliphatic carbocycles. The fourth-order valence-electron chi connectivity index (χ4n) is 0. The highest BCUT2D eigenvalue weighted by Crippen LogP contribution is 1.29. The number of hydrogen-bond acceptors (Lipinski definition) is 2. The minimum atomic E-state index is -0.250. The largest absolute Gasteiger partial charge is 0.483 e. The predicted octanol–water partition coefficient (Wildman–Crippen LogP) is 3.99. The first-order chi connectivity index (χ1) is 4.24. The summed E-state index contributed by atoms with van der Waals surface area (Å²) in [6.07, 6.45) is 0. The molecule has 8 heteroatoms. The van der Waals surface area contributed by atoms with Gasteiger partial charge in [-0.25, -0.2) is 0 Å². The standard InChI is InChI=1S/CH2O2.4CH4.HN3.N3/c2-1-3;;;;;2*1-3-2/h1H,(H,2,3);4*1H4;1H;/q;;;;;;-1. The number of carboxylic acid groups (broad SMARTS) is 1. The Morgan fingerprint density at radius 1 is 1.08 bits per heavy atom. The van der Waals surface area contributed by atoms with Gasteiger partial charge in [-0.05, 0) is 10.4 Å². The smallest absolute Gasteiger partial charge is 0.290 e. The normalized spacial score (nSPS) is 2.15. The van der Waals surface area contributed by atoms with Crippen molar-refractivity contribution < 1.29 is 9.90 Å². The highest BCUT2D eigenvalue weighted by molar-refractivity contribution is 5.32. The van der Waals surface area contributed by atoms with Gasteiger partial charge in [-0.3, -0.25) is 9.71 Å². The lowest BCUT2D eigenvalue weighted by Gasteiger charge is -1.34. The molecule has 0 aromatic rings. The first kappa shape index (κ1) is 67.5. The fourth-order valence-corrected chi connectivity index (χ4v) is 0. The van der Waals surface area contributed by atoms with Crippen LogP contribution in [0.15, 0.2) is 0 Å². The quantitative estimate of drug-likeness (QED) is 0.259. The van der Waals surface area contributed by atoms with Crippen LogP contribution in [0.25, 0.3) is 26.4 Å². The second kappa shape index (κ2) is 702. The molecule has 0 saturated carbocycles. The third-order valence-electron chi connectivity index (χ3n) is 0. The molecule has 82 valence electrons. The van der Waals surface area contributed by atoms with Gasteiger partial charge < -0.3 is 16.2 Å². The molecule has 0 atom stereocenters. The first-order valence-electron chi connectivity index (χ1n) is 1.32. The van der Waals surface area contributed by atoms with Gasteiger partial charge in [-0.1, -0.05) is 29.7 Å². The Hall–Kier alpha value is -1.91. The van der Waals surface area contributed by atoms with Crippen molar-refractivity contribution in [3.05, 3.63) is 26.4 Å². The Morgan fingerprint density at radius 3 is 1.08 bits per heavy atom. The van der Waals surface area contributed by atoms with E-state index >= 15 is 0 Å². The molecule has 0 radical (unpaired) electrons. The van der Waals surface area contributed by atoms with Crippen molar-refractivity contribution >= 4 is 6.47 Å². The molecule has 0 fully saturated rings. The summed E-state index contributed by atoms with van der Waals surface area (Å²) in [5, 5.41) is 6.89. The number of hydrogen-bond donors (Lipinski definition) is 2. The third-order valence-corrected chi connectivity index (χ3v) is 0. The summed E-state index contributed by atoms with van der Waals surface area (Å²) in [6, 6.07) is 0. The van der Waals surface area contributed by atoms with E-state index in [0.29, 0.717) is 0 Å². The molecule has 0 aliphatic heterocycles. The zero-order valence-electron chi connectivity index (χ0n) is 4.17. The number of nitrogens with one attached hydrogen (secondary N) is 1. The van der Waals surface area contributed by atoms with Crippen LogP contribution in [0, 0.1) is 5.53 Å². The molecule has 0 aliphatic rings. The summed E-state index contributed by atoms with van der Waals surface area (Å²) in [5.74, 6) is 0. The molecule has 0 rings (SSSR count). The Bertz CT molecular complexity index is 102. The number of carbonyl (C=O) groups is 1. The molecule has 0 bridgehead atoms. The van der Waals surface area contributed by atoms with Crippen molar-refractivity contribution in [2.75, 3.05) is 0 Å². The molecule has 0 heterocycles. The molecule has 2 N–H and O–H groups in total. The topological polar surface area (TPSA) is 156 Å². The van der Waals surface area contributed by atoms with E-state index in [4.69, 9.17) is 32.0 Å². The molecule has 0 aromatic heterocycles. The van der Waals surface area contributed by atoms with E-state index < -0.39 is 0 Å². The van der Waals surface area contributed by atoms with E-state index in [0.717, 1.165) is 0 Å². The average Bonchev–Trinajstić information content (AvgIpc) is 1.70. The molecule has 0 aromatic carbocycles. The molecule has 0 saturated heterocycles. The van der Waals surface area contributed by atoms with E-state index in [1.54, 1.807) is 4.91 Å². The minimum Gasteiger partial charge on any atom is -0.483 e. The summed E-state index contributed by atoms with van der Waals surface area (Å²) in [4.78, 5) is 11.6. The van der Waals surface area contributed by atoms with Gasteiger partial charge in [0.25, 0.3) is 6.47 Å². The molecule has 0 spiro atoms. The SMILES string of the molecule is C.C.C.C.O=CO.[N-]=[N+]=N.[N-]=[N+]=[N-]. The summed E-state index contributed by atoms with van der Waals surface area (Å²) < 4.78 is 0. The molecule has 0 amide bonds. The van der Waals surface area contributed by atoms with Gasteiger partial charge in [0, 0.05) is 0 Å². The second-order valence-electron chi connectivity index (χ2n) is 0.295. The predicted molar refractivity (Wildman–Crippen MR) is 55.1 cm³/mol. The van der Waals surface area contributed by atoms with E-state index in [1.165, 1.54) is 4.91 Å². The minimum absolute atomic E-state index is 0. The van der Waals surface area contributed by atoms with Crippen LogP contribution in [-0.4, -0.2) is 11.6 Å². The van der Waals surface area contributed by atoms with E-state index in [2.05, 4.69) is 0 Å². The van der Waals surface area contributed by atoms with Crippen molar-refractivity contribution in [2.45, 2.75) is 29.7 Å². The zero-order valence-corrected chi connectivity index (χ0v) is 4.17. The van der Waals surface area contributed by atoms with Gasteiger partial charge in [-0.2, -0.15) is 0 Å².